The number of aliphatic hydroxyl groups excluding tert-OH is 1. The van der Waals surface area contributed by atoms with Crippen molar-refractivity contribution in [1.82, 2.24) is 0 Å². The van der Waals surface area contributed by atoms with E-state index in [9.17, 15) is 14.3 Å². The summed E-state index contributed by atoms with van der Waals surface area (Å²) in [5.74, 6) is -0.955. The number of anilines is 1. The van der Waals surface area contributed by atoms with Gasteiger partial charge in [-0.15, -0.1) is 0 Å². The summed E-state index contributed by atoms with van der Waals surface area (Å²) in [7, 11) is 0. The van der Waals surface area contributed by atoms with Crippen molar-refractivity contribution in [3.63, 3.8) is 0 Å². The molecule has 1 aromatic carbocycles. The number of β-amino-alcohol motifs (C(OH)–C–C–N with tert-alkyl or cyclic N) is 1. The Morgan fingerprint density at radius 1 is 1.56 bits per heavy atom. The maximum Gasteiger partial charge on any atom is 0.229 e. The van der Waals surface area contributed by atoms with E-state index < -0.39 is 11.9 Å². The molecule has 1 aromatic rings. The molecule has 1 heterocycles. The lowest BCUT2D eigenvalue weighted by molar-refractivity contribution is -0.117. The Labute approximate surface area is 105 Å². The molecule has 0 spiro atoms. The number of amides is 1. The Balaban J connectivity index is 2.42. The number of carbonyl (C=O) groups is 1. The zero-order valence-electron chi connectivity index (χ0n) is 8.08. The molecule has 1 fully saturated rings. The highest BCUT2D eigenvalue weighted by Crippen LogP contribution is 2.33. The summed E-state index contributed by atoms with van der Waals surface area (Å²) in [4.78, 5) is 12.7. The number of hydrogen-bond acceptors (Lipinski definition) is 2. The third kappa shape index (κ3) is 1.95. The third-order valence-corrected chi connectivity index (χ3v) is 3.67. The van der Waals surface area contributed by atoms with Crippen molar-refractivity contribution >= 4 is 39.1 Å². The lowest BCUT2D eigenvalue weighted by Gasteiger charge is -2.17. The topological polar surface area (TPSA) is 40.5 Å². The molecular formula is C10H8BrClFNO2. The van der Waals surface area contributed by atoms with Crippen LogP contribution >= 0.6 is 27.5 Å². The summed E-state index contributed by atoms with van der Waals surface area (Å²) in [6.45, 7) is 0.105. The van der Waals surface area contributed by atoms with Gasteiger partial charge in [0.25, 0.3) is 0 Å². The number of benzene rings is 1. The van der Waals surface area contributed by atoms with Crippen LogP contribution in [0.4, 0.5) is 10.1 Å². The van der Waals surface area contributed by atoms with Crippen LogP contribution in [0.25, 0.3) is 0 Å². The molecule has 0 aromatic heterocycles. The molecule has 16 heavy (non-hydrogen) atoms. The van der Waals surface area contributed by atoms with Crippen LogP contribution in [0.1, 0.15) is 6.42 Å². The first-order valence-electron chi connectivity index (χ1n) is 4.62. The molecule has 1 atom stereocenters. The summed E-state index contributed by atoms with van der Waals surface area (Å²) < 4.78 is 14.2. The quantitative estimate of drug-likeness (QED) is 0.809. The highest BCUT2D eigenvalue weighted by molar-refractivity contribution is 9.10. The first kappa shape index (κ1) is 11.8. The van der Waals surface area contributed by atoms with Gasteiger partial charge in [0.1, 0.15) is 0 Å². The predicted octanol–water partition coefficient (Wildman–Crippen LogP) is 2.34. The van der Waals surface area contributed by atoms with Crippen LogP contribution in [0, 0.1) is 5.82 Å². The minimum Gasteiger partial charge on any atom is -0.391 e. The molecule has 0 saturated carbocycles. The van der Waals surface area contributed by atoms with Crippen LogP contribution in [-0.4, -0.2) is 23.7 Å². The fraction of sp³-hybridized carbons (Fsp3) is 0.300. The largest absolute Gasteiger partial charge is 0.391 e. The van der Waals surface area contributed by atoms with Crippen LogP contribution in [0.15, 0.2) is 16.6 Å². The molecule has 1 N–H and O–H groups in total. The Morgan fingerprint density at radius 3 is 2.81 bits per heavy atom. The van der Waals surface area contributed by atoms with E-state index in [4.69, 9.17) is 11.6 Å². The zero-order valence-corrected chi connectivity index (χ0v) is 10.4. The van der Waals surface area contributed by atoms with Crippen LogP contribution in [0.5, 0.6) is 0 Å². The van der Waals surface area contributed by atoms with Gasteiger partial charge < -0.3 is 10.0 Å². The molecular weight excluding hydrogens is 300 g/mol. The monoisotopic (exact) mass is 307 g/mol. The Bertz CT molecular complexity index is 455. The lowest BCUT2D eigenvalue weighted by atomic mass is 10.3. The molecule has 6 heteroatoms. The molecule has 86 valence electrons. The summed E-state index contributed by atoms with van der Waals surface area (Å²) in [5.41, 5.74) is 0.106. The summed E-state index contributed by atoms with van der Waals surface area (Å²) in [6.07, 6.45) is -0.720. The minimum absolute atomic E-state index is 0.0210. The van der Waals surface area contributed by atoms with Gasteiger partial charge in [0, 0.05) is 4.47 Å². The predicted molar refractivity (Wildman–Crippen MR) is 62.1 cm³/mol. The van der Waals surface area contributed by atoms with Crippen molar-refractivity contribution in [2.45, 2.75) is 12.5 Å². The molecule has 0 aliphatic carbocycles. The van der Waals surface area contributed by atoms with Gasteiger partial charge in [-0.2, -0.15) is 0 Å². The fourth-order valence-corrected chi connectivity index (χ4v) is 2.11. The smallest absolute Gasteiger partial charge is 0.229 e. The SMILES string of the molecule is O=C1CC(O)CN1c1ccc(Br)c(Cl)c1F. The summed E-state index contributed by atoms with van der Waals surface area (Å²) in [6, 6.07) is 3.03. The highest BCUT2D eigenvalue weighted by atomic mass is 79.9. The Hall–Kier alpha value is -0.650. The molecule has 1 aliphatic heterocycles. The van der Waals surface area contributed by atoms with Crippen molar-refractivity contribution in [1.29, 1.82) is 0 Å². The average Bonchev–Trinajstić information content (AvgIpc) is 2.55. The van der Waals surface area contributed by atoms with Crippen molar-refractivity contribution < 1.29 is 14.3 Å². The number of rotatable bonds is 1. The van der Waals surface area contributed by atoms with Crippen LogP contribution in [0.2, 0.25) is 5.02 Å². The third-order valence-electron chi connectivity index (χ3n) is 2.41. The molecule has 3 nitrogen and oxygen atoms in total. The number of carbonyl (C=O) groups excluding carboxylic acids is 1. The van der Waals surface area contributed by atoms with Gasteiger partial charge in [0.05, 0.1) is 29.8 Å². The second kappa shape index (κ2) is 4.31. The van der Waals surface area contributed by atoms with E-state index in [-0.39, 0.29) is 29.6 Å². The van der Waals surface area contributed by atoms with Crippen LogP contribution < -0.4 is 4.90 Å². The van der Waals surface area contributed by atoms with E-state index in [1.54, 1.807) is 6.07 Å². The molecule has 1 aliphatic rings. The molecule has 0 bridgehead atoms. The van der Waals surface area contributed by atoms with Crippen molar-refractivity contribution in [2.75, 3.05) is 11.4 Å². The van der Waals surface area contributed by atoms with E-state index in [1.165, 1.54) is 11.0 Å². The maximum absolute atomic E-state index is 13.8. The second-order valence-electron chi connectivity index (χ2n) is 3.56. The van der Waals surface area contributed by atoms with Gasteiger partial charge in [-0.05, 0) is 28.1 Å². The van der Waals surface area contributed by atoms with E-state index in [2.05, 4.69) is 15.9 Å². The summed E-state index contributed by atoms with van der Waals surface area (Å²) in [5, 5.41) is 9.26. The van der Waals surface area contributed by atoms with Crippen molar-refractivity contribution in [3.8, 4) is 0 Å². The summed E-state index contributed by atoms with van der Waals surface area (Å²) >= 11 is 8.81. The van der Waals surface area contributed by atoms with Gasteiger partial charge in [-0.3, -0.25) is 4.79 Å². The van der Waals surface area contributed by atoms with E-state index in [0.717, 1.165) is 0 Å². The molecule has 1 saturated heterocycles. The van der Waals surface area contributed by atoms with Crippen LogP contribution in [0.3, 0.4) is 0 Å². The van der Waals surface area contributed by atoms with E-state index >= 15 is 0 Å². The van der Waals surface area contributed by atoms with E-state index in [0.29, 0.717) is 4.47 Å². The first-order valence-corrected chi connectivity index (χ1v) is 5.79. The number of halogens is 3. The van der Waals surface area contributed by atoms with E-state index in [1.807, 2.05) is 0 Å². The van der Waals surface area contributed by atoms with Crippen molar-refractivity contribution in [2.24, 2.45) is 0 Å². The number of nitrogens with zero attached hydrogens (tertiary/aromatic N) is 1. The van der Waals surface area contributed by atoms with Gasteiger partial charge in [0.2, 0.25) is 5.91 Å². The normalized spacial score (nSPS) is 20.6. The first-order chi connectivity index (χ1) is 7.50. The highest BCUT2D eigenvalue weighted by Gasteiger charge is 2.31. The van der Waals surface area contributed by atoms with Gasteiger partial charge in [0.15, 0.2) is 5.82 Å². The molecule has 0 radical (unpaired) electrons. The Morgan fingerprint density at radius 2 is 2.25 bits per heavy atom. The number of aliphatic hydroxyl groups is 1. The number of hydrogen-bond donors (Lipinski definition) is 1. The average molecular weight is 309 g/mol. The Kier molecular flexibility index (Phi) is 3.19. The lowest BCUT2D eigenvalue weighted by Crippen LogP contribution is -2.26. The maximum atomic E-state index is 13.8. The zero-order chi connectivity index (χ0) is 11.9. The molecule has 2 rings (SSSR count). The molecule has 1 unspecified atom stereocenters. The minimum atomic E-state index is -0.741. The van der Waals surface area contributed by atoms with Gasteiger partial charge >= 0.3 is 0 Å². The second-order valence-corrected chi connectivity index (χ2v) is 4.79. The van der Waals surface area contributed by atoms with Crippen LogP contribution in [-0.2, 0) is 4.79 Å². The van der Waals surface area contributed by atoms with Crippen molar-refractivity contribution in [3.05, 3.63) is 27.4 Å². The van der Waals surface area contributed by atoms with Gasteiger partial charge in [-0.1, -0.05) is 11.6 Å². The molecule has 1 amide bonds. The fourth-order valence-electron chi connectivity index (χ4n) is 1.65. The standard InChI is InChI=1S/C10H8BrClFNO2/c11-6-1-2-7(10(13)9(6)12)14-4-5(15)3-8(14)16/h1-2,5,15H,3-4H2. The van der Waals surface area contributed by atoms with Gasteiger partial charge in [-0.25, -0.2) is 4.39 Å².